The van der Waals surface area contributed by atoms with Crippen LogP contribution < -0.4 is 0 Å². The fourth-order valence-corrected chi connectivity index (χ4v) is 1.00. The Morgan fingerprint density at radius 1 is 1.46 bits per heavy atom. The van der Waals surface area contributed by atoms with Crippen molar-refractivity contribution >= 4 is 12.0 Å². The molecule has 0 saturated heterocycles. The highest BCUT2D eigenvalue weighted by atomic mass is 16.4. The zero-order valence-corrected chi connectivity index (χ0v) is 7.19. The number of phenols is 1. The van der Waals surface area contributed by atoms with E-state index in [2.05, 4.69) is 0 Å². The Morgan fingerprint density at radius 3 is 2.69 bits per heavy atom. The molecular formula is C10H10O3. The van der Waals surface area contributed by atoms with Crippen LogP contribution in [0.25, 0.3) is 6.08 Å². The molecule has 0 fully saturated rings. The van der Waals surface area contributed by atoms with Gasteiger partial charge in [-0.15, -0.1) is 0 Å². The molecule has 2 N–H and O–H groups in total. The normalized spacial score (nSPS) is 10.5. The molecule has 1 aromatic carbocycles. The van der Waals surface area contributed by atoms with Gasteiger partial charge in [0.25, 0.3) is 0 Å². The second-order valence-corrected chi connectivity index (χ2v) is 2.58. The highest BCUT2D eigenvalue weighted by molar-refractivity contribution is 5.88. The second kappa shape index (κ2) is 3.76. The summed E-state index contributed by atoms with van der Waals surface area (Å²) in [5.74, 6) is -0.908. The summed E-state index contributed by atoms with van der Waals surface area (Å²) >= 11 is 0. The van der Waals surface area contributed by atoms with Crippen LogP contribution in [-0.4, -0.2) is 16.2 Å². The van der Waals surface area contributed by atoms with Gasteiger partial charge in [0.2, 0.25) is 0 Å². The summed E-state index contributed by atoms with van der Waals surface area (Å²) in [6.07, 6.45) is 3.39. The summed E-state index contributed by atoms with van der Waals surface area (Å²) in [6.45, 7) is 1.80. The molecule has 0 aromatic heterocycles. The third kappa shape index (κ3) is 2.08. The number of carbonyl (C=O) groups is 1. The van der Waals surface area contributed by atoms with Crippen LogP contribution in [0.1, 0.15) is 22.8 Å². The van der Waals surface area contributed by atoms with E-state index in [0.717, 1.165) is 0 Å². The lowest BCUT2D eigenvalue weighted by Crippen LogP contribution is -1.95. The molecule has 1 aromatic rings. The average Bonchev–Trinajstić information content (AvgIpc) is 2.08. The highest BCUT2D eigenvalue weighted by Gasteiger charge is 2.04. The van der Waals surface area contributed by atoms with Crippen LogP contribution in [0.5, 0.6) is 5.75 Å². The monoisotopic (exact) mass is 178 g/mol. The molecule has 0 unspecified atom stereocenters. The fourth-order valence-electron chi connectivity index (χ4n) is 1.00. The molecule has 0 radical (unpaired) electrons. The first-order valence-electron chi connectivity index (χ1n) is 3.84. The summed E-state index contributed by atoms with van der Waals surface area (Å²) < 4.78 is 0. The van der Waals surface area contributed by atoms with Crippen molar-refractivity contribution in [2.75, 3.05) is 0 Å². The van der Waals surface area contributed by atoms with Crippen LogP contribution in [0.2, 0.25) is 0 Å². The molecule has 0 heterocycles. The van der Waals surface area contributed by atoms with Crippen molar-refractivity contribution in [1.82, 2.24) is 0 Å². The highest BCUT2D eigenvalue weighted by Crippen LogP contribution is 2.19. The molecule has 0 aliphatic heterocycles. The van der Waals surface area contributed by atoms with Gasteiger partial charge in [-0.2, -0.15) is 0 Å². The van der Waals surface area contributed by atoms with Gasteiger partial charge in [-0.05, 0) is 25.1 Å². The second-order valence-electron chi connectivity index (χ2n) is 2.58. The van der Waals surface area contributed by atoms with Crippen molar-refractivity contribution in [3.05, 3.63) is 35.4 Å². The molecule has 0 atom stereocenters. The molecule has 0 saturated carbocycles. The number of allylic oxidation sites excluding steroid dienone is 1. The average molecular weight is 178 g/mol. The maximum atomic E-state index is 10.6. The van der Waals surface area contributed by atoms with Gasteiger partial charge >= 0.3 is 5.97 Å². The van der Waals surface area contributed by atoms with Crippen molar-refractivity contribution in [2.24, 2.45) is 0 Å². The number of hydrogen-bond acceptors (Lipinski definition) is 2. The van der Waals surface area contributed by atoms with Crippen LogP contribution in [0.3, 0.4) is 0 Å². The summed E-state index contributed by atoms with van der Waals surface area (Å²) in [4.78, 5) is 10.6. The zero-order chi connectivity index (χ0) is 9.84. The summed E-state index contributed by atoms with van der Waals surface area (Å²) in [5.41, 5.74) is 0.688. The van der Waals surface area contributed by atoms with Gasteiger partial charge in [-0.1, -0.05) is 12.2 Å². The number of benzene rings is 1. The summed E-state index contributed by atoms with van der Waals surface area (Å²) in [6, 6.07) is 4.17. The van der Waals surface area contributed by atoms with Crippen molar-refractivity contribution in [1.29, 1.82) is 0 Å². The third-order valence-electron chi connectivity index (χ3n) is 1.62. The summed E-state index contributed by atoms with van der Waals surface area (Å²) in [5, 5.41) is 18.0. The van der Waals surface area contributed by atoms with E-state index in [1.165, 1.54) is 18.2 Å². The number of carboxylic acid groups (broad SMARTS) is 1. The Labute approximate surface area is 76.0 Å². The topological polar surface area (TPSA) is 57.5 Å². The molecule has 3 nitrogen and oxygen atoms in total. The zero-order valence-electron chi connectivity index (χ0n) is 7.19. The molecular weight excluding hydrogens is 168 g/mol. The number of rotatable bonds is 2. The lowest BCUT2D eigenvalue weighted by molar-refractivity contribution is 0.0697. The van der Waals surface area contributed by atoms with Crippen LogP contribution in [0.4, 0.5) is 0 Å². The maximum Gasteiger partial charge on any atom is 0.335 e. The quantitative estimate of drug-likeness (QED) is 0.729. The lowest BCUT2D eigenvalue weighted by atomic mass is 10.1. The van der Waals surface area contributed by atoms with E-state index >= 15 is 0 Å². The SMILES string of the molecule is CC=Cc1cc(C(=O)O)ccc1O. The summed E-state index contributed by atoms with van der Waals surface area (Å²) in [7, 11) is 0. The van der Waals surface area contributed by atoms with Gasteiger partial charge in [-0.3, -0.25) is 0 Å². The molecule has 68 valence electrons. The van der Waals surface area contributed by atoms with E-state index in [4.69, 9.17) is 5.11 Å². The number of phenolic OH excluding ortho intramolecular Hbond substituents is 1. The van der Waals surface area contributed by atoms with Gasteiger partial charge < -0.3 is 10.2 Å². The number of hydrogen-bond donors (Lipinski definition) is 2. The van der Waals surface area contributed by atoms with Gasteiger partial charge in [0.1, 0.15) is 5.75 Å². The third-order valence-corrected chi connectivity index (χ3v) is 1.62. The van der Waals surface area contributed by atoms with Crippen molar-refractivity contribution in [2.45, 2.75) is 6.92 Å². The minimum Gasteiger partial charge on any atom is -0.507 e. The first-order valence-corrected chi connectivity index (χ1v) is 3.84. The predicted molar refractivity (Wildman–Crippen MR) is 49.8 cm³/mol. The van der Waals surface area contributed by atoms with E-state index in [1.807, 2.05) is 0 Å². The van der Waals surface area contributed by atoms with Crippen LogP contribution >= 0.6 is 0 Å². The Kier molecular flexibility index (Phi) is 2.69. The first-order chi connectivity index (χ1) is 6.15. The number of aromatic carboxylic acids is 1. The standard InChI is InChI=1S/C10H10O3/c1-2-3-7-6-8(10(12)13)4-5-9(7)11/h2-6,11H,1H3,(H,12,13). The fraction of sp³-hybridized carbons (Fsp3) is 0.100. The van der Waals surface area contributed by atoms with E-state index in [1.54, 1.807) is 19.1 Å². The number of carboxylic acids is 1. The van der Waals surface area contributed by atoms with Crippen LogP contribution in [-0.2, 0) is 0 Å². The molecule has 3 heteroatoms. The molecule has 0 amide bonds. The van der Waals surface area contributed by atoms with Crippen molar-refractivity contribution in [3.63, 3.8) is 0 Å². The van der Waals surface area contributed by atoms with E-state index in [-0.39, 0.29) is 11.3 Å². The predicted octanol–water partition coefficient (Wildman–Crippen LogP) is 2.12. The van der Waals surface area contributed by atoms with Crippen LogP contribution in [0.15, 0.2) is 24.3 Å². The smallest absolute Gasteiger partial charge is 0.335 e. The van der Waals surface area contributed by atoms with Gasteiger partial charge in [-0.25, -0.2) is 4.79 Å². The molecule has 0 aliphatic carbocycles. The molecule has 13 heavy (non-hydrogen) atoms. The van der Waals surface area contributed by atoms with Gasteiger partial charge in [0.15, 0.2) is 0 Å². The Bertz CT molecular complexity index is 353. The minimum atomic E-state index is -0.995. The van der Waals surface area contributed by atoms with E-state index < -0.39 is 5.97 Å². The van der Waals surface area contributed by atoms with Crippen LogP contribution in [0, 0.1) is 0 Å². The van der Waals surface area contributed by atoms with Gasteiger partial charge in [0.05, 0.1) is 5.56 Å². The molecule has 1 rings (SSSR count). The molecule has 0 spiro atoms. The lowest BCUT2D eigenvalue weighted by Gasteiger charge is -2.00. The van der Waals surface area contributed by atoms with E-state index in [9.17, 15) is 9.90 Å². The Balaban J connectivity index is 3.18. The van der Waals surface area contributed by atoms with E-state index in [0.29, 0.717) is 5.56 Å². The minimum absolute atomic E-state index is 0.0862. The van der Waals surface area contributed by atoms with Crippen molar-refractivity contribution in [3.8, 4) is 5.75 Å². The largest absolute Gasteiger partial charge is 0.507 e. The Morgan fingerprint density at radius 2 is 2.15 bits per heavy atom. The maximum absolute atomic E-state index is 10.6. The number of aromatic hydroxyl groups is 1. The van der Waals surface area contributed by atoms with Gasteiger partial charge in [0, 0.05) is 5.56 Å². The molecule has 0 bridgehead atoms. The van der Waals surface area contributed by atoms with Crippen molar-refractivity contribution < 1.29 is 15.0 Å². The first kappa shape index (κ1) is 9.32. The molecule has 0 aliphatic rings. The Hall–Kier alpha value is -1.77.